The van der Waals surface area contributed by atoms with Crippen molar-refractivity contribution in [3.63, 3.8) is 0 Å². The van der Waals surface area contributed by atoms with E-state index in [9.17, 15) is 0 Å². The molecule has 2 heteroatoms. The molecule has 1 heterocycles. The first kappa shape index (κ1) is 8.30. The first-order valence-corrected chi connectivity index (χ1v) is 5.48. The van der Waals surface area contributed by atoms with Crippen LogP contribution in [-0.2, 0) is 0 Å². The maximum Gasteiger partial charge on any atom is 0.0228 e. The number of nitrogens with zero attached hydrogens (tertiary/aromatic N) is 1. The van der Waals surface area contributed by atoms with Gasteiger partial charge in [0.15, 0.2) is 0 Å². The third kappa shape index (κ3) is 0.981. The molecule has 1 aliphatic carbocycles. The van der Waals surface area contributed by atoms with Gasteiger partial charge in [0.25, 0.3) is 0 Å². The van der Waals surface area contributed by atoms with Gasteiger partial charge in [-0.25, -0.2) is 3.11 Å². The molecule has 1 saturated carbocycles. The van der Waals surface area contributed by atoms with Crippen LogP contribution in [0.5, 0.6) is 0 Å². The SMILES string of the molecule is CCC1[C@H]2[C@@H](CN1I)C2(C)C. The van der Waals surface area contributed by atoms with Crippen LogP contribution in [0.1, 0.15) is 27.2 Å². The fraction of sp³-hybridized carbons (Fsp3) is 1.00. The van der Waals surface area contributed by atoms with Crippen molar-refractivity contribution in [2.75, 3.05) is 6.54 Å². The van der Waals surface area contributed by atoms with E-state index in [0.29, 0.717) is 5.41 Å². The summed E-state index contributed by atoms with van der Waals surface area (Å²) in [6.45, 7) is 8.49. The summed E-state index contributed by atoms with van der Waals surface area (Å²) in [5, 5.41) is 0. The summed E-state index contributed by atoms with van der Waals surface area (Å²) in [7, 11) is 0. The minimum atomic E-state index is 0.669. The molecule has 0 aromatic heterocycles. The zero-order valence-corrected chi connectivity index (χ0v) is 9.63. The highest BCUT2D eigenvalue weighted by atomic mass is 127. The largest absolute Gasteiger partial charge is 0.244 e. The van der Waals surface area contributed by atoms with E-state index in [-0.39, 0.29) is 0 Å². The van der Waals surface area contributed by atoms with Crippen molar-refractivity contribution in [2.45, 2.75) is 33.2 Å². The predicted molar refractivity (Wildman–Crippen MR) is 55.6 cm³/mol. The Balaban J connectivity index is 2.11. The van der Waals surface area contributed by atoms with E-state index in [2.05, 4.69) is 46.7 Å². The highest BCUT2D eigenvalue weighted by Gasteiger charge is 2.65. The lowest BCUT2D eigenvalue weighted by molar-refractivity contribution is 0.316. The van der Waals surface area contributed by atoms with Crippen LogP contribution in [0.2, 0.25) is 0 Å². The minimum Gasteiger partial charge on any atom is -0.244 e. The summed E-state index contributed by atoms with van der Waals surface area (Å²) in [6.07, 6.45) is 1.33. The summed E-state index contributed by atoms with van der Waals surface area (Å²) in [5.74, 6) is 2.01. The zero-order chi connectivity index (χ0) is 8.22. The Morgan fingerprint density at radius 3 is 2.55 bits per heavy atom. The van der Waals surface area contributed by atoms with E-state index in [4.69, 9.17) is 0 Å². The lowest BCUT2D eigenvalue weighted by Crippen LogP contribution is -2.27. The van der Waals surface area contributed by atoms with Crippen molar-refractivity contribution in [3.05, 3.63) is 0 Å². The van der Waals surface area contributed by atoms with Crippen LogP contribution >= 0.6 is 22.9 Å². The molecule has 0 radical (unpaired) electrons. The average molecular weight is 265 g/mol. The first-order chi connectivity index (χ1) is 5.09. The van der Waals surface area contributed by atoms with Crippen molar-refractivity contribution in [2.24, 2.45) is 17.3 Å². The predicted octanol–water partition coefficient (Wildman–Crippen LogP) is 2.70. The Kier molecular flexibility index (Phi) is 1.77. The fourth-order valence-electron chi connectivity index (χ4n) is 2.85. The quantitative estimate of drug-likeness (QED) is 0.520. The van der Waals surface area contributed by atoms with Gasteiger partial charge in [-0.05, 0) is 23.7 Å². The van der Waals surface area contributed by atoms with Gasteiger partial charge in [0, 0.05) is 35.5 Å². The molecule has 0 N–H and O–H groups in total. The zero-order valence-electron chi connectivity index (χ0n) is 7.47. The number of hydrogen-bond donors (Lipinski definition) is 0. The van der Waals surface area contributed by atoms with Crippen molar-refractivity contribution in [3.8, 4) is 0 Å². The van der Waals surface area contributed by atoms with Gasteiger partial charge in [0.2, 0.25) is 0 Å². The van der Waals surface area contributed by atoms with Gasteiger partial charge in [-0.1, -0.05) is 20.8 Å². The number of halogens is 1. The average Bonchev–Trinajstić information content (AvgIpc) is 2.38. The third-order valence-electron chi connectivity index (χ3n) is 3.70. The Morgan fingerprint density at radius 2 is 2.18 bits per heavy atom. The van der Waals surface area contributed by atoms with Crippen LogP contribution in [0.3, 0.4) is 0 Å². The normalized spacial score (nSPS) is 47.5. The summed E-state index contributed by atoms with van der Waals surface area (Å²) < 4.78 is 2.51. The summed E-state index contributed by atoms with van der Waals surface area (Å²) in [6, 6.07) is 0.871. The molecule has 1 unspecified atom stereocenters. The molecule has 2 fully saturated rings. The number of rotatable bonds is 1. The molecule has 11 heavy (non-hydrogen) atoms. The second kappa shape index (κ2) is 2.34. The van der Waals surface area contributed by atoms with E-state index >= 15 is 0 Å². The van der Waals surface area contributed by atoms with Gasteiger partial charge >= 0.3 is 0 Å². The molecular formula is C9H16IN. The molecule has 64 valence electrons. The van der Waals surface area contributed by atoms with E-state index in [1.54, 1.807) is 0 Å². The molecule has 1 saturated heterocycles. The molecule has 0 amide bonds. The molecule has 0 aromatic carbocycles. The van der Waals surface area contributed by atoms with Gasteiger partial charge in [0.05, 0.1) is 0 Å². The standard InChI is InChI=1S/C9H16IN/c1-4-7-8-6(5-11(7)10)9(8,2)3/h6-8H,4-5H2,1-3H3/t6-,7?,8-/m1/s1. The molecule has 1 aliphatic heterocycles. The van der Waals surface area contributed by atoms with Crippen molar-refractivity contribution in [1.82, 2.24) is 3.11 Å². The van der Waals surface area contributed by atoms with Gasteiger partial charge in [-0.2, -0.15) is 0 Å². The second-order valence-corrected chi connectivity index (χ2v) is 5.75. The molecule has 0 spiro atoms. The molecule has 2 rings (SSSR count). The molecule has 2 aliphatic rings. The van der Waals surface area contributed by atoms with E-state index in [0.717, 1.165) is 17.9 Å². The lowest BCUT2D eigenvalue weighted by atomic mass is 10.0. The highest BCUT2D eigenvalue weighted by Crippen LogP contribution is 2.65. The number of piperidine rings is 1. The van der Waals surface area contributed by atoms with Gasteiger partial charge in [-0.3, -0.25) is 0 Å². The Labute approximate surface area is 83.0 Å². The van der Waals surface area contributed by atoms with E-state index < -0.39 is 0 Å². The molecule has 0 aromatic rings. The van der Waals surface area contributed by atoms with Gasteiger partial charge in [0.1, 0.15) is 0 Å². The van der Waals surface area contributed by atoms with Crippen LogP contribution in [0, 0.1) is 17.3 Å². The number of fused-ring (bicyclic) bond motifs is 1. The third-order valence-corrected chi connectivity index (χ3v) is 4.81. The summed E-state index contributed by atoms with van der Waals surface area (Å²) in [4.78, 5) is 0. The minimum absolute atomic E-state index is 0.669. The monoisotopic (exact) mass is 265 g/mol. The maximum atomic E-state index is 2.51. The van der Waals surface area contributed by atoms with E-state index in [1.165, 1.54) is 13.0 Å². The maximum absolute atomic E-state index is 2.51. The van der Waals surface area contributed by atoms with Crippen LogP contribution < -0.4 is 0 Å². The molecule has 3 atom stereocenters. The summed E-state index contributed by atoms with van der Waals surface area (Å²) >= 11 is 2.49. The van der Waals surface area contributed by atoms with Gasteiger partial charge in [-0.15, -0.1) is 0 Å². The molecular weight excluding hydrogens is 249 g/mol. The molecule has 1 nitrogen and oxygen atoms in total. The first-order valence-electron chi connectivity index (χ1n) is 4.51. The lowest BCUT2D eigenvalue weighted by Gasteiger charge is -2.23. The topological polar surface area (TPSA) is 3.24 Å². The van der Waals surface area contributed by atoms with Crippen molar-refractivity contribution < 1.29 is 0 Å². The van der Waals surface area contributed by atoms with E-state index in [1.807, 2.05) is 0 Å². The Bertz CT molecular complexity index is 178. The Morgan fingerprint density at radius 1 is 1.55 bits per heavy atom. The van der Waals surface area contributed by atoms with Gasteiger partial charge < -0.3 is 0 Å². The summed E-state index contributed by atoms with van der Waals surface area (Å²) in [5.41, 5.74) is 0.669. The smallest absolute Gasteiger partial charge is 0.0228 e. The second-order valence-electron chi connectivity index (χ2n) is 4.51. The Hall–Kier alpha value is 0.690. The molecule has 0 bridgehead atoms. The van der Waals surface area contributed by atoms with Crippen molar-refractivity contribution in [1.29, 1.82) is 0 Å². The fourth-order valence-corrected chi connectivity index (χ4v) is 4.01. The van der Waals surface area contributed by atoms with Crippen LogP contribution in [0.15, 0.2) is 0 Å². The highest BCUT2D eigenvalue weighted by molar-refractivity contribution is 14.1. The number of hydrogen-bond acceptors (Lipinski definition) is 1. The van der Waals surface area contributed by atoms with Crippen LogP contribution in [0.4, 0.5) is 0 Å². The van der Waals surface area contributed by atoms with Crippen LogP contribution in [-0.4, -0.2) is 15.7 Å². The van der Waals surface area contributed by atoms with Crippen molar-refractivity contribution >= 4 is 22.9 Å². The van der Waals surface area contributed by atoms with Crippen LogP contribution in [0.25, 0.3) is 0 Å².